The molecule has 0 saturated carbocycles. The molecule has 90 valence electrons. The lowest BCUT2D eigenvalue weighted by Gasteiger charge is -2.10. The summed E-state index contributed by atoms with van der Waals surface area (Å²) in [5, 5.41) is 3.02. The molecule has 0 spiro atoms. The van der Waals surface area contributed by atoms with Crippen LogP contribution in [0.5, 0.6) is 0 Å². The Morgan fingerprint density at radius 2 is 1.78 bits per heavy atom. The third-order valence-corrected chi connectivity index (χ3v) is 3.43. The zero-order chi connectivity index (χ0) is 12.4. The standard InChI is InChI=1S/C16H15NO/c18-16(13-6-2-1-3-7-13)17-15-11-5-9-12-8-4-10-14(12)15/h1-3,5-7,9,11H,4,8,10H2,(H,17,18). The number of fused-ring (bicyclic) bond motifs is 1. The summed E-state index contributed by atoms with van der Waals surface area (Å²) in [6, 6.07) is 15.5. The summed E-state index contributed by atoms with van der Waals surface area (Å²) in [6.07, 6.45) is 3.39. The normalized spacial score (nSPS) is 13.1. The van der Waals surface area contributed by atoms with Crippen molar-refractivity contribution in [2.75, 3.05) is 5.32 Å². The van der Waals surface area contributed by atoms with E-state index in [1.54, 1.807) is 0 Å². The van der Waals surface area contributed by atoms with Crippen LogP contribution in [0.1, 0.15) is 27.9 Å². The summed E-state index contributed by atoms with van der Waals surface area (Å²) in [5.41, 5.74) is 4.36. The Hall–Kier alpha value is -2.09. The Morgan fingerprint density at radius 3 is 2.61 bits per heavy atom. The van der Waals surface area contributed by atoms with E-state index in [4.69, 9.17) is 0 Å². The number of nitrogens with one attached hydrogen (secondary N) is 1. The molecule has 2 nitrogen and oxygen atoms in total. The third-order valence-electron chi connectivity index (χ3n) is 3.43. The van der Waals surface area contributed by atoms with Crippen LogP contribution in [0, 0.1) is 0 Å². The van der Waals surface area contributed by atoms with Crippen molar-refractivity contribution in [1.82, 2.24) is 0 Å². The van der Waals surface area contributed by atoms with Gasteiger partial charge in [-0.2, -0.15) is 0 Å². The van der Waals surface area contributed by atoms with Gasteiger partial charge in [-0.3, -0.25) is 4.79 Å². The zero-order valence-electron chi connectivity index (χ0n) is 10.1. The molecule has 18 heavy (non-hydrogen) atoms. The summed E-state index contributed by atoms with van der Waals surface area (Å²) in [5.74, 6) is -0.0316. The molecule has 1 N–H and O–H groups in total. The number of benzene rings is 2. The van der Waals surface area contributed by atoms with E-state index in [2.05, 4.69) is 11.4 Å². The second kappa shape index (κ2) is 4.65. The fourth-order valence-corrected chi connectivity index (χ4v) is 2.52. The first-order chi connectivity index (χ1) is 8.84. The predicted molar refractivity (Wildman–Crippen MR) is 72.9 cm³/mol. The Kier molecular flexibility index (Phi) is 2.85. The van der Waals surface area contributed by atoms with Gasteiger partial charge in [0.2, 0.25) is 0 Å². The smallest absolute Gasteiger partial charge is 0.255 e. The van der Waals surface area contributed by atoms with Gasteiger partial charge in [-0.1, -0.05) is 30.3 Å². The maximum atomic E-state index is 12.1. The highest BCUT2D eigenvalue weighted by atomic mass is 16.1. The minimum atomic E-state index is -0.0316. The van der Waals surface area contributed by atoms with E-state index in [1.807, 2.05) is 42.5 Å². The van der Waals surface area contributed by atoms with Gasteiger partial charge >= 0.3 is 0 Å². The summed E-state index contributed by atoms with van der Waals surface area (Å²) >= 11 is 0. The molecule has 2 aromatic rings. The SMILES string of the molecule is O=C(Nc1cccc2c1CCC2)c1ccccc1. The molecule has 0 fully saturated rings. The fourth-order valence-electron chi connectivity index (χ4n) is 2.52. The van der Waals surface area contributed by atoms with Gasteiger partial charge in [0, 0.05) is 11.3 Å². The van der Waals surface area contributed by atoms with Gasteiger partial charge in [-0.15, -0.1) is 0 Å². The van der Waals surface area contributed by atoms with Gasteiger partial charge in [-0.25, -0.2) is 0 Å². The molecule has 0 radical (unpaired) electrons. The van der Waals surface area contributed by atoms with E-state index >= 15 is 0 Å². The number of carbonyl (C=O) groups excluding carboxylic acids is 1. The average molecular weight is 237 g/mol. The van der Waals surface area contributed by atoms with Crippen molar-refractivity contribution in [2.45, 2.75) is 19.3 Å². The number of rotatable bonds is 2. The highest BCUT2D eigenvalue weighted by molar-refractivity contribution is 6.04. The fraction of sp³-hybridized carbons (Fsp3) is 0.188. The van der Waals surface area contributed by atoms with E-state index in [9.17, 15) is 4.79 Å². The monoisotopic (exact) mass is 237 g/mol. The van der Waals surface area contributed by atoms with E-state index < -0.39 is 0 Å². The molecule has 1 amide bonds. The quantitative estimate of drug-likeness (QED) is 0.851. The van der Waals surface area contributed by atoms with Crippen LogP contribution < -0.4 is 5.32 Å². The molecular weight excluding hydrogens is 222 g/mol. The first-order valence-electron chi connectivity index (χ1n) is 6.32. The van der Waals surface area contributed by atoms with Crippen molar-refractivity contribution < 1.29 is 4.79 Å². The molecule has 0 bridgehead atoms. The van der Waals surface area contributed by atoms with Gasteiger partial charge in [-0.05, 0) is 48.6 Å². The van der Waals surface area contributed by atoms with Crippen molar-refractivity contribution >= 4 is 11.6 Å². The van der Waals surface area contributed by atoms with Gasteiger partial charge in [0.15, 0.2) is 0 Å². The largest absolute Gasteiger partial charge is 0.322 e. The molecule has 3 rings (SSSR count). The van der Waals surface area contributed by atoms with E-state index in [0.717, 1.165) is 18.5 Å². The van der Waals surface area contributed by atoms with Gasteiger partial charge < -0.3 is 5.32 Å². The Labute approximate surface area is 107 Å². The summed E-state index contributed by atoms with van der Waals surface area (Å²) in [4.78, 5) is 12.1. The molecule has 0 aliphatic heterocycles. The number of anilines is 1. The van der Waals surface area contributed by atoms with Crippen molar-refractivity contribution in [3.05, 3.63) is 65.2 Å². The van der Waals surface area contributed by atoms with Crippen LogP contribution in [0.25, 0.3) is 0 Å². The summed E-state index contributed by atoms with van der Waals surface area (Å²) in [7, 11) is 0. The molecular formula is C16H15NO. The molecule has 2 aromatic carbocycles. The Balaban J connectivity index is 1.86. The Morgan fingerprint density at radius 1 is 0.944 bits per heavy atom. The average Bonchev–Trinajstić information content (AvgIpc) is 2.89. The minimum absolute atomic E-state index is 0.0316. The van der Waals surface area contributed by atoms with Gasteiger partial charge in [0.1, 0.15) is 0 Å². The van der Waals surface area contributed by atoms with Crippen molar-refractivity contribution in [3.8, 4) is 0 Å². The topological polar surface area (TPSA) is 29.1 Å². The van der Waals surface area contributed by atoms with E-state index in [1.165, 1.54) is 17.5 Å². The lowest BCUT2D eigenvalue weighted by molar-refractivity contribution is 0.102. The summed E-state index contributed by atoms with van der Waals surface area (Å²) < 4.78 is 0. The molecule has 0 aromatic heterocycles. The first-order valence-corrected chi connectivity index (χ1v) is 6.32. The number of aryl methyl sites for hydroxylation is 1. The van der Waals surface area contributed by atoms with Crippen LogP contribution in [0.4, 0.5) is 5.69 Å². The highest BCUT2D eigenvalue weighted by Gasteiger charge is 2.15. The molecule has 2 heteroatoms. The number of hydrogen-bond donors (Lipinski definition) is 1. The molecule has 1 aliphatic rings. The van der Waals surface area contributed by atoms with Gasteiger partial charge in [0.25, 0.3) is 5.91 Å². The zero-order valence-corrected chi connectivity index (χ0v) is 10.1. The first kappa shape index (κ1) is 11.0. The second-order valence-corrected chi connectivity index (χ2v) is 4.62. The molecule has 0 atom stereocenters. The van der Waals surface area contributed by atoms with Crippen LogP contribution in [0.3, 0.4) is 0 Å². The maximum absolute atomic E-state index is 12.1. The maximum Gasteiger partial charge on any atom is 0.255 e. The molecule has 0 unspecified atom stereocenters. The van der Waals surface area contributed by atoms with E-state index in [0.29, 0.717) is 5.56 Å². The Bertz CT molecular complexity index is 575. The second-order valence-electron chi connectivity index (χ2n) is 4.62. The lowest BCUT2D eigenvalue weighted by Crippen LogP contribution is -2.13. The van der Waals surface area contributed by atoms with Crippen molar-refractivity contribution in [3.63, 3.8) is 0 Å². The number of hydrogen-bond acceptors (Lipinski definition) is 1. The van der Waals surface area contributed by atoms with Crippen LogP contribution in [0.15, 0.2) is 48.5 Å². The van der Waals surface area contributed by atoms with Crippen molar-refractivity contribution in [1.29, 1.82) is 0 Å². The van der Waals surface area contributed by atoms with Crippen molar-refractivity contribution in [2.24, 2.45) is 0 Å². The predicted octanol–water partition coefficient (Wildman–Crippen LogP) is 3.43. The lowest BCUT2D eigenvalue weighted by atomic mass is 10.1. The molecule has 0 saturated heterocycles. The van der Waals surface area contributed by atoms with Crippen LogP contribution >= 0.6 is 0 Å². The highest BCUT2D eigenvalue weighted by Crippen LogP contribution is 2.28. The van der Waals surface area contributed by atoms with Crippen LogP contribution in [-0.4, -0.2) is 5.91 Å². The van der Waals surface area contributed by atoms with E-state index in [-0.39, 0.29) is 5.91 Å². The molecule has 0 heterocycles. The third kappa shape index (κ3) is 2.02. The molecule has 1 aliphatic carbocycles. The summed E-state index contributed by atoms with van der Waals surface area (Å²) in [6.45, 7) is 0. The minimum Gasteiger partial charge on any atom is -0.322 e. The number of carbonyl (C=O) groups is 1. The van der Waals surface area contributed by atoms with Gasteiger partial charge in [0.05, 0.1) is 0 Å². The van der Waals surface area contributed by atoms with Crippen LogP contribution in [-0.2, 0) is 12.8 Å². The van der Waals surface area contributed by atoms with Crippen LogP contribution in [0.2, 0.25) is 0 Å². The number of amides is 1.